The van der Waals surface area contributed by atoms with E-state index < -0.39 is 0 Å². The third-order valence-corrected chi connectivity index (χ3v) is 4.88. The number of hydrogen-bond donors (Lipinski definition) is 0. The molecule has 0 atom stereocenters. The van der Waals surface area contributed by atoms with E-state index in [4.69, 9.17) is 20.8 Å². The van der Waals surface area contributed by atoms with E-state index in [0.29, 0.717) is 23.9 Å². The fourth-order valence-electron chi connectivity index (χ4n) is 3.54. The van der Waals surface area contributed by atoms with Crippen molar-refractivity contribution >= 4 is 11.6 Å². The molecule has 4 aromatic rings. The van der Waals surface area contributed by atoms with E-state index in [1.807, 2.05) is 36.1 Å². The minimum atomic E-state index is 0.396. The Morgan fingerprint density at radius 3 is 3.04 bits per heavy atom. The Kier molecular flexibility index (Phi) is 3.66. The lowest BCUT2D eigenvalue weighted by atomic mass is 10.0. The Hall–Kier alpha value is -2.90. The standard InChI is InChI=1S/C19H16ClN5O2/c1-24-7-11-5-16-18(19-22-13(8-26-2)9-27-19)21-10-25(16)15-4-3-12(20)6-14(15)17(11)23-24/h3-4,6-7,9-10H,5,8H2,1-2H3. The van der Waals surface area contributed by atoms with E-state index in [0.717, 1.165) is 39.6 Å². The fraction of sp³-hybridized carbons (Fsp3) is 0.211. The smallest absolute Gasteiger partial charge is 0.247 e. The van der Waals surface area contributed by atoms with Crippen LogP contribution in [0.25, 0.3) is 28.5 Å². The zero-order chi connectivity index (χ0) is 18.5. The fourth-order valence-corrected chi connectivity index (χ4v) is 3.71. The molecular formula is C19H16ClN5O2. The monoisotopic (exact) mass is 381 g/mol. The molecule has 7 nitrogen and oxygen atoms in total. The molecule has 4 heterocycles. The van der Waals surface area contributed by atoms with Gasteiger partial charge in [0.25, 0.3) is 0 Å². The van der Waals surface area contributed by atoms with Crippen molar-refractivity contribution in [3.05, 3.63) is 59.0 Å². The maximum Gasteiger partial charge on any atom is 0.247 e. The van der Waals surface area contributed by atoms with E-state index in [1.54, 1.807) is 19.7 Å². The average Bonchev–Trinajstić information content (AvgIpc) is 3.33. The molecule has 136 valence electrons. The van der Waals surface area contributed by atoms with Crippen LogP contribution in [0.1, 0.15) is 17.0 Å². The molecule has 0 unspecified atom stereocenters. The second kappa shape index (κ2) is 6.07. The van der Waals surface area contributed by atoms with Crippen LogP contribution in [0.3, 0.4) is 0 Å². The molecule has 0 fully saturated rings. The molecule has 1 aliphatic heterocycles. The van der Waals surface area contributed by atoms with Crippen LogP contribution >= 0.6 is 11.6 Å². The first-order valence-electron chi connectivity index (χ1n) is 8.47. The van der Waals surface area contributed by atoms with Crippen LogP contribution in [0, 0.1) is 0 Å². The van der Waals surface area contributed by atoms with Crippen LogP contribution < -0.4 is 0 Å². The summed E-state index contributed by atoms with van der Waals surface area (Å²) in [6, 6.07) is 5.81. The molecule has 5 rings (SSSR count). The largest absolute Gasteiger partial charge is 0.443 e. The quantitative estimate of drug-likeness (QED) is 0.477. The zero-order valence-electron chi connectivity index (χ0n) is 14.8. The lowest BCUT2D eigenvalue weighted by Gasteiger charge is -2.09. The van der Waals surface area contributed by atoms with E-state index >= 15 is 0 Å². The molecule has 0 saturated carbocycles. The minimum Gasteiger partial charge on any atom is -0.443 e. The molecule has 0 N–H and O–H groups in total. The summed E-state index contributed by atoms with van der Waals surface area (Å²) in [7, 11) is 3.55. The van der Waals surface area contributed by atoms with Crippen LogP contribution in [0.2, 0.25) is 5.02 Å². The number of halogens is 1. The Bertz CT molecular complexity index is 1160. The van der Waals surface area contributed by atoms with Crippen molar-refractivity contribution in [1.82, 2.24) is 24.3 Å². The third-order valence-electron chi connectivity index (χ3n) is 4.65. The molecule has 3 aromatic heterocycles. The highest BCUT2D eigenvalue weighted by Crippen LogP contribution is 2.38. The van der Waals surface area contributed by atoms with Crippen LogP contribution in [0.5, 0.6) is 0 Å². The average molecular weight is 382 g/mol. The molecule has 0 spiro atoms. The van der Waals surface area contributed by atoms with Crippen molar-refractivity contribution < 1.29 is 9.15 Å². The van der Waals surface area contributed by atoms with Crippen molar-refractivity contribution in [2.75, 3.05) is 7.11 Å². The SMILES string of the molecule is COCc1coc(-c2ncn3c2Cc2cn(C)nc2-c2cc(Cl)ccc2-3)n1. The Labute approximate surface area is 160 Å². The molecule has 0 bridgehead atoms. The first kappa shape index (κ1) is 16.3. The van der Waals surface area contributed by atoms with Gasteiger partial charge >= 0.3 is 0 Å². The molecule has 1 aliphatic rings. The van der Waals surface area contributed by atoms with Gasteiger partial charge in [-0.25, -0.2) is 9.97 Å². The van der Waals surface area contributed by atoms with Gasteiger partial charge in [0.2, 0.25) is 5.89 Å². The number of imidazole rings is 1. The third kappa shape index (κ3) is 2.58. The number of fused-ring (bicyclic) bond motifs is 5. The summed E-state index contributed by atoms with van der Waals surface area (Å²) >= 11 is 6.27. The van der Waals surface area contributed by atoms with Gasteiger partial charge in [-0.3, -0.25) is 4.68 Å². The first-order valence-corrected chi connectivity index (χ1v) is 8.84. The van der Waals surface area contributed by atoms with Crippen LogP contribution in [-0.4, -0.2) is 31.4 Å². The maximum absolute atomic E-state index is 6.27. The van der Waals surface area contributed by atoms with Crippen molar-refractivity contribution in [2.45, 2.75) is 13.0 Å². The van der Waals surface area contributed by atoms with E-state index in [2.05, 4.69) is 19.6 Å². The van der Waals surface area contributed by atoms with Gasteiger partial charge in [-0.15, -0.1) is 0 Å². The highest BCUT2D eigenvalue weighted by Gasteiger charge is 2.26. The molecule has 27 heavy (non-hydrogen) atoms. The number of hydrogen-bond acceptors (Lipinski definition) is 5. The summed E-state index contributed by atoms with van der Waals surface area (Å²) in [4.78, 5) is 9.09. The summed E-state index contributed by atoms with van der Waals surface area (Å²) in [5.74, 6) is 0.485. The van der Waals surface area contributed by atoms with Crippen LogP contribution in [0.15, 0.2) is 41.4 Å². The number of ether oxygens (including phenoxy) is 1. The summed E-state index contributed by atoms with van der Waals surface area (Å²) in [6.45, 7) is 0.396. The molecule has 1 aromatic carbocycles. The number of aryl methyl sites for hydroxylation is 1. The predicted molar refractivity (Wildman–Crippen MR) is 99.8 cm³/mol. The minimum absolute atomic E-state index is 0.396. The van der Waals surface area contributed by atoms with Gasteiger partial charge in [-0.2, -0.15) is 5.10 Å². The maximum atomic E-state index is 6.27. The summed E-state index contributed by atoms with van der Waals surface area (Å²) < 4.78 is 14.7. The highest BCUT2D eigenvalue weighted by atomic mass is 35.5. The number of rotatable bonds is 3. The molecule has 0 amide bonds. The van der Waals surface area contributed by atoms with E-state index in [9.17, 15) is 0 Å². The van der Waals surface area contributed by atoms with E-state index in [-0.39, 0.29) is 0 Å². The lowest BCUT2D eigenvalue weighted by molar-refractivity contribution is 0.181. The second-order valence-corrected chi connectivity index (χ2v) is 6.94. The van der Waals surface area contributed by atoms with Crippen LogP contribution in [0.4, 0.5) is 0 Å². The predicted octanol–water partition coefficient (Wildman–Crippen LogP) is 3.63. The van der Waals surface area contributed by atoms with Gasteiger partial charge in [-0.05, 0) is 18.2 Å². The number of benzene rings is 1. The van der Waals surface area contributed by atoms with Gasteiger partial charge in [0, 0.05) is 42.9 Å². The van der Waals surface area contributed by atoms with Crippen molar-refractivity contribution in [1.29, 1.82) is 0 Å². The lowest BCUT2D eigenvalue weighted by Crippen LogP contribution is -2.00. The molecule has 8 heteroatoms. The number of oxazole rings is 1. The Morgan fingerprint density at radius 1 is 1.30 bits per heavy atom. The second-order valence-electron chi connectivity index (χ2n) is 6.50. The van der Waals surface area contributed by atoms with Gasteiger partial charge in [0.1, 0.15) is 24.0 Å². The Morgan fingerprint density at radius 2 is 2.19 bits per heavy atom. The van der Waals surface area contributed by atoms with Crippen molar-refractivity contribution in [3.8, 4) is 28.5 Å². The molecule has 0 aliphatic carbocycles. The van der Waals surface area contributed by atoms with Gasteiger partial charge < -0.3 is 13.7 Å². The van der Waals surface area contributed by atoms with Gasteiger partial charge in [-0.1, -0.05) is 11.6 Å². The number of methoxy groups -OCH3 is 1. The topological polar surface area (TPSA) is 70.9 Å². The molecule has 0 radical (unpaired) electrons. The van der Waals surface area contributed by atoms with Crippen LogP contribution in [-0.2, 0) is 24.8 Å². The van der Waals surface area contributed by atoms with Crippen molar-refractivity contribution in [3.63, 3.8) is 0 Å². The van der Waals surface area contributed by atoms with E-state index in [1.165, 1.54) is 0 Å². The molecule has 0 saturated heterocycles. The first-order chi connectivity index (χ1) is 13.1. The summed E-state index contributed by atoms with van der Waals surface area (Å²) in [5, 5.41) is 5.33. The number of nitrogens with zero attached hydrogens (tertiary/aromatic N) is 5. The van der Waals surface area contributed by atoms with Gasteiger partial charge in [0.05, 0.1) is 23.7 Å². The van der Waals surface area contributed by atoms with Crippen molar-refractivity contribution in [2.24, 2.45) is 7.05 Å². The molecular weight excluding hydrogens is 366 g/mol. The zero-order valence-corrected chi connectivity index (χ0v) is 15.6. The highest BCUT2D eigenvalue weighted by molar-refractivity contribution is 6.31. The summed E-state index contributed by atoms with van der Waals surface area (Å²) in [6.07, 6.45) is 6.08. The Balaban J connectivity index is 1.72. The van der Waals surface area contributed by atoms with Gasteiger partial charge in [0.15, 0.2) is 0 Å². The summed E-state index contributed by atoms with van der Waals surface area (Å²) in [5.41, 5.74) is 6.44. The normalized spacial score (nSPS) is 12.4. The number of aromatic nitrogens is 5.